The van der Waals surface area contributed by atoms with Crippen LogP contribution in [-0.4, -0.2) is 28.0 Å². The van der Waals surface area contributed by atoms with Crippen LogP contribution in [0.3, 0.4) is 0 Å². The maximum Gasteiger partial charge on any atom is 0.186 e. The third kappa shape index (κ3) is 2.96. The molecule has 5 heteroatoms. The summed E-state index contributed by atoms with van der Waals surface area (Å²) >= 11 is 0. The molecule has 2 aromatic rings. The van der Waals surface area contributed by atoms with E-state index < -0.39 is 0 Å². The maximum atomic E-state index is 9.55. The molecule has 2 N–H and O–H groups in total. The molecule has 21 heavy (non-hydrogen) atoms. The van der Waals surface area contributed by atoms with Crippen molar-refractivity contribution in [2.45, 2.75) is 31.8 Å². The number of anilines is 1. The van der Waals surface area contributed by atoms with E-state index in [4.69, 9.17) is 0 Å². The number of hydrogen-bond acceptors (Lipinski definition) is 5. The van der Waals surface area contributed by atoms with Gasteiger partial charge in [-0.2, -0.15) is 5.26 Å². The second kappa shape index (κ2) is 6.06. The van der Waals surface area contributed by atoms with Gasteiger partial charge in [-0.3, -0.25) is 0 Å². The molecule has 1 aromatic carbocycles. The summed E-state index contributed by atoms with van der Waals surface area (Å²) in [5, 5.41) is 31.2. The van der Waals surface area contributed by atoms with Gasteiger partial charge in [0, 0.05) is 11.9 Å². The molecular formula is C16H18N4O. The number of hydrogen-bond donors (Lipinski definition) is 2. The Morgan fingerprint density at radius 2 is 1.95 bits per heavy atom. The largest absolute Gasteiger partial charge is 0.393 e. The molecule has 0 amide bonds. The molecule has 1 fully saturated rings. The predicted octanol–water partition coefficient (Wildman–Crippen LogP) is 2.46. The first kappa shape index (κ1) is 13.8. The molecule has 0 unspecified atom stereocenters. The van der Waals surface area contributed by atoms with Crippen LogP contribution in [0.4, 0.5) is 5.69 Å². The zero-order chi connectivity index (χ0) is 14.7. The van der Waals surface area contributed by atoms with Gasteiger partial charge in [-0.05, 0) is 37.7 Å². The second-order valence-corrected chi connectivity index (χ2v) is 5.61. The Kier molecular flexibility index (Phi) is 3.98. The third-order valence-corrected chi connectivity index (χ3v) is 4.16. The second-order valence-electron chi connectivity index (χ2n) is 5.61. The van der Waals surface area contributed by atoms with Crippen molar-refractivity contribution < 1.29 is 5.11 Å². The summed E-state index contributed by atoms with van der Waals surface area (Å²) in [5.41, 5.74) is 1.90. The van der Waals surface area contributed by atoms with Gasteiger partial charge in [0.05, 0.1) is 17.3 Å². The van der Waals surface area contributed by atoms with Gasteiger partial charge in [0.1, 0.15) is 6.07 Å². The Morgan fingerprint density at radius 3 is 2.71 bits per heavy atom. The van der Waals surface area contributed by atoms with Gasteiger partial charge in [-0.25, -0.2) is 0 Å². The van der Waals surface area contributed by atoms with E-state index >= 15 is 0 Å². The standard InChI is InChI=1S/C16H18N4O/c17-9-15-16(13-3-1-2-4-14(13)19-20-15)18-10-11-5-7-12(21)8-6-11/h1-4,11-12,21H,5-8,10H2,(H,18,19). The number of aliphatic hydroxyl groups is 1. The van der Waals surface area contributed by atoms with Crippen molar-refractivity contribution in [3.05, 3.63) is 30.0 Å². The molecule has 0 bridgehead atoms. The Bertz CT molecular complexity index is 672. The first-order valence-corrected chi connectivity index (χ1v) is 7.35. The summed E-state index contributed by atoms with van der Waals surface area (Å²) < 4.78 is 0. The Hall–Kier alpha value is -2.19. The maximum absolute atomic E-state index is 9.55. The van der Waals surface area contributed by atoms with Gasteiger partial charge in [-0.15, -0.1) is 10.2 Å². The van der Waals surface area contributed by atoms with Crippen molar-refractivity contribution in [2.75, 3.05) is 11.9 Å². The predicted molar refractivity (Wildman–Crippen MR) is 80.7 cm³/mol. The summed E-state index contributed by atoms with van der Waals surface area (Å²) in [6.45, 7) is 0.803. The fourth-order valence-electron chi connectivity index (χ4n) is 2.91. The molecule has 1 aromatic heterocycles. The van der Waals surface area contributed by atoms with Crippen molar-refractivity contribution in [2.24, 2.45) is 5.92 Å². The molecule has 1 saturated carbocycles. The molecule has 3 rings (SSSR count). The lowest BCUT2D eigenvalue weighted by Gasteiger charge is -2.26. The van der Waals surface area contributed by atoms with Crippen LogP contribution >= 0.6 is 0 Å². The topological polar surface area (TPSA) is 81.8 Å². The van der Waals surface area contributed by atoms with Gasteiger partial charge in [0.25, 0.3) is 0 Å². The van der Waals surface area contributed by atoms with Crippen LogP contribution in [0.5, 0.6) is 0 Å². The molecule has 108 valence electrons. The minimum atomic E-state index is -0.139. The molecule has 1 aliphatic carbocycles. The smallest absolute Gasteiger partial charge is 0.186 e. The highest BCUT2D eigenvalue weighted by Gasteiger charge is 2.20. The zero-order valence-corrected chi connectivity index (χ0v) is 11.8. The van der Waals surface area contributed by atoms with Crippen molar-refractivity contribution in [3.63, 3.8) is 0 Å². The van der Waals surface area contributed by atoms with Crippen LogP contribution in [-0.2, 0) is 0 Å². The number of nitrogens with one attached hydrogen (secondary N) is 1. The van der Waals surface area contributed by atoms with E-state index in [0.717, 1.165) is 48.8 Å². The van der Waals surface area contributed by atoms with E-state index in [1.807, 2.05) is 24.3 Å². The van der Waals surface area contributed by atoms with Crippen LogP contribution < -0.4 is 5.32 Å². The van der Waals surface area contributed by atoms with Crippen molar-refractivity contribution >= 4 is 16.6 Å². The number of nitrogens with zero attached hydrogens (tertiary/aromatic N) is 3. The summed E-state index contributed by atoms with van der Waals surface area (Å²) in [6.07, 6.45) is 3.64. The lowest BCUT2D eigenvalue weighted by atomic mass is 9.87. The highest BCUT2D eigenvalue weighted by atomic mass is 16.3. The van der Waals surface area contributed by atoms with E-state index in [1.165, 1.54) is 0 Å². The molecule has 1 aliphatic rings. The molecule has 0 saturated heterocycles. The molecular weight excluding hydrogens is 264 g/mol. The van der Waals surface area contributed by atoms with Crippen LogP contribution in [0.15, 0.2) is 24.3 Å². The number of nitriles is 1. The van der Waals surface area contributed by atoms with Crippen LogP contribution in [0.25, 0.3) is 10.9 Å². The Labute approximate surface area is 123 Å². The summed E-state index contributed by atoms with van der Waals surface area (Å²) in [6, 6.07) is 9.81. The van der Waals surface area contributed by atoms with Crippen molar-refractivity contribution in [3.8, 4) is 6.07 Å². The van der Waals surface area contributed by atoms with Crippen LogP contribution in [0.1, 0.15) is 31.4 Å². The van der Waals surface area contributed by atoms with E-state index in [2.05, 4.69) is 21.6 Å². The zero-order valence-electron chi connectivity index (χ0n) is 11.8. The highest BCUT2D eigenvalue weighted by Crippen LogP contribution is 2.27. The van der Waals surface area contributed by atoms with Gasteiger partial charge in [0.2, 0.25) is 0 Å². The summed E-state index contributed by atoms with van der Waals surface area (Å²) in [4.78, 5) is 0. The van der Waals surface area contributed by atoms with Crippen LogP contribution in [0, 0.1) is 17.2 Å². The first-order valence-electron chi connectivity index (χ1n) is 7.35. The Morgan fingerprint density at radius 1 is 1.19 bits per heavy atom. The molecule has 0 atom stereocenters. The average Bonchev–Trinajstić information content (AvgIpc) is 2.54. The number of aliphatic hydroxyl groups excluding tert-OH is 1. The highest BCUT2D eigenvalue weighted by molar-refractivity contribution is 5.92. The fraction of sp³-hybridized carbons (Fsp3) is 0.438. The number of rotatable bonds is 3. The molecule has 0 radical (unpaired) electrons. The molecule has 1 heterocycles. The average molecular weight is 282 g/mol. The lowest BCUT2D eigenvalue weighted by molar-refractivity contribution is 0.111. The number of aromatic nitrogens is 2. The van der Waals surface area contributed by atoms with Crippen molar-refractivity contribution in [1.29, 1.82) is 5.26 Å². The van der Waals surface area contributed by atoms with E-state index in [9.17, 15) is 10.4 Å². The van der Waals surface area contributed by atoms with Gasteiger partial charge < -0.3 is 10.4 Å². The fourth-order valence-corrected chi connectivity index (χ4v) is 2.91. The lowest BCUT2D eigenvalue weighted by Crippen LogP contribution is -2.24. The SMILES string of the molecule is N#Cc1nnc2ccccc2c1NCC1CCC(O)CC1. The third-order valence-electron chi connectivity index (χ3n) is 4.16. The van der Waals surface area contributed by atoms with Gasteiger partial charge in [-0.1, -0.05) is 18.2 Å². The van der Waals surface area contributed by atoms with E-state index in [0.29, 0.717) is 11.6 Å². The molecule has 5 nitrogen and oxygen atoms in total. The monoisotopic (exact) mass is 282 g/mol. The van der Waals surface area contributed by atoms with Crippen molar-refractivity contribution in [1.82, 2.24) is 10.2 Å². The minimum absolute atomic E-state index is 0.139. The number of benzene rings is 1. The van der Waals surface area contributed by atoms with E-state index in [-0.39, 0.29) is 6.10 Å². The van der Waals surface area contributed by atoms with E-state index in [1.54, 1.807) is 0 Å². The molecule has 0 aliphatic heterocycles. The van der Waals surface area contributed by atoms with Gasteiger partial charge >= 0.3 is 0 Å². The quantitative estimate of drug-likeness (QED) is 0.903. The van der Waals surface area contributed by atoms with Crippen LogP contribution in [0.2, 0.25) is 0 Å². The number of fused-ring (bicyclic) bond motifs is 1. The normalized spacial score (nSPS) is 21.9. The Balaban J connectivity index is 1.81. The summed E-state index contributed by atoms with van der Waals surface area (Å²) in [7, 11) is 0. The summed E-state index contributed by atoms with van der Waals surface area (Å²) in [5.74, 6) is 0.534. The molecule has 0 spiro atoms. The first-order chi connectivity index (χ1) is 10.3. The van der Waals surface area contributed by atoms with Gasteiger partial charge in [0.15, 0.2) is 5.69 Å². The minimum Gasteiger partial charge on any atom is -0.393 e.